The Morgan fingerprint density at radius 1 is 0.771 bits per heavy atom. The van der Waals surface area contributed by atoms with Crippen molar-refractivity contribution in [1.82, 2.24) is 9.97 Å². The van der Waals surface area contributed by atoms with E-state index in [1.807, 2.05) is 30.3 Å². The zero-order valence-electron chi connectivity index (χ0n) is 19.0. The summed E-state index contributed by atoms with van der Waals surface area (Å²) in [6, 6.07) is 24.4. The molecule has 0 saturated carbocycles. The highest BCUT2D eigenvalue weighted by molar-refractivity contribution is 7.92. The first-order valence-electron chi connectivity index (χ1n) is 11.4. The lowest BCUT2D eigenvalue weighted by Crippen LogP contribution is -2.20. The van der Waals surface area contributed by atoms with Crippen LogP contribution in [0.1, 0.15) is 12.8 Å². The second-order valence-corrected chi connectivity index (χ2v) is 9.81. The van der Waals surface area contributed by atoms with Crippen molar-refractivity contribution in [1.29, 1.82) is 0 Å². The minimum absolute atomic E-state index is 0.149. The summed E-state index contributed by atoms with van der Waals surface area (Å²) in [5.74, 6) is 2.65. The fourth-order valence-electron chi connectivity index (χ4n) is 3.78. The molecule has 3 aromatic carbocycles. The highest BCUT2D eigenvalue weighted by atomic mass is 32.2. The van der Waals surface area contributed by atoms with Gasteiger partial charge in [0.05, 0.1) is 4.90 Å². The van der Waals surface area contributed by atoms with Crippen molar-refractivity contribution in [2.75, 3.05) is 28.0 Å². The van der Waals surface area contributed by atoms with Crippen molar-refractivity contribution in [3.8, 4) is 11.5 Å². The lowest BCUT2D eigenvalue weighted by atomic mass is 10.3. The van der Waals surface area contributed by atoms with Crippen LogP contribution in [0.5, 0.6) is 11.5 Å². The number of hydrogen-bond acceptors (Lipinski definition) is 7. The van der Waals surface area contributed by atoms with E-state index in [2.05, 4.69) is 24.9 Å². The Morgan fingerprint density at radius 3 is 2.14 bits per heavy atom. The van der Waals surface area contributed by atoms with Crippen molar-refractivity contribution in [2.24, 2.45) is 0 Å². The van der Waals surface area contributed by atoms with Crippen LogP contribution in [0, 0.1) is 0 Å². The largest absolute Gasteiger partial charge is 0.457 e. The van der Waals surface area contributed by atoms with Gasteiger partial charge in [0.2, 0.25) is 5.95 Å². The fraction of sp³-hybridized carbons (Fsp3) is 0.154. The van der Waals surface area contributed by atoms with Crippen LogP contribution in [0.3, 0.4) is 0 Å². The maximum absolute atomic E-state index is 12.8. The van der Waals surface area contributed by atoms with Gasteiger partial charge >= 0.3 is 0 Å². The lowest BCUT2D eigenvalue weighted by Gasteiger charge is -2.16. The zero-order valence-corrected chi connectivity index (χ0v) is 19.8. The van der Waals surface area contributed by atoms with E-state index in [1.165, 1.54) is 12.1 Å². The molecule has 0 bridgehead atoms. The molecule has 4 aromatic rings. The molecule has 2 heterocycles. The number of rotatable bonds is 8. The minimum atomic E-state index is -3.74. The monoisotopic (exact) mass is 487 g/mol. The minimum Gasteiger partial charge on any atom is -0.457 e. The van der Waals surface area contributed by atoms with E-state index in [1.54, 1.807) is 48.7 Å². The number of sulfonamides is 1. The number of ether oxygens (including phenoxy) is 1. The molecular formula is C26H25N5O3S. The average molecular weight is 488 g/mol. The molecule has 1 saturated heterocycles. The first kappa shape index (κ1) is 22.7. The predicted molar refractivity (Wildman–Crippen MR) is 137 cm³/mol. The van der Waals surface area contributed by atoms with Gasteiger partial charge in [0, 0.05) is 30.7 Å². The van der Waals surface area contributed by atoms with Crippen LogP contribution in [0.15, 0.2) is 96.0 Å². The van der Waals surface area contributed by atoms with Crippen molar-refractivity contribution in [2.45, 2.75) is 17.7 Å². The third-order valence-electron chi connectivity index (χ3n) is 5.55. The van der Waals surface area contributed by atoms with Crippen LogP contribution in [0.2, 0.25) is 0 Å². The smallest absolute Gasteiger partial charge is 0.261 e. The number of nitrogens with one attached hydrogen (secondary N) is 2. The standard InChI is InChI=1S/C26H25N5O3S/c32-35(33,24-14-12-23(13-15-24)34-22-6-2-1-3-7-22)30-21-10-8-20(9-11-21)28-25-16-17-27-26(29-25)31-18-4-5-19-31/h1-3,6-17,30H,4-5,18-19H2,(H,27,28,29). The van der Waals surface area contributed by atoms with Crippen LogP contribution in [-0.2, 0) is 10.0 Å². The zero-order chi connectivity index (χ0) is 24.1. The van der Waals surface area contributed by atoms with Crippen LogP contribution in [-0.4, -0.2) is 31.5 Å². The Labute approximate surface area is 204 Å². The van der Waals surface area contributed by atoms with E-state index in [4.69, 9.17) is 4.74 Å². The van der Waals surface area contributed by atoms with Crippen molar-refractivity contribution >= 4 is 33.2 Å². The molecule has 1 fully saturated rings. The van der Waals surface area contributed by atoms with E-state index in [0.29, 0.717) is 23.0 Å². The molecule has 1 aliphatic heterocycles. The number of nitrogens with zero attached hydrogens (tertiary/aromatic N) is 3. The molecule has 0 spiro atoms. The first-order valence-corrected chi connectivity index (χ1v) is 12.8. The van der Waals surface area contributed by atoms with E-state index in [0.717, 1.165) is 37.6 Å². The molecule has 9 heteroatoms. The molecule has 0 aliphatic carbocycles. The summed E-state index contributed by atoms with van der Waals surface area (Å²) in [7, 11) is -3.74. The number of anilines is 4. The van der Waals surface area contributed by atoms with Crippen LogP contribution < -0.4 is 19.7 Å². The summed E-state index contributed by atoms with van der Waals surface area (Å²) in [6.45, 7) is 1.95. The topological polar surface area (TPSA) is 96.5 Å². The van der Waals surface area contributed by atoms with Gasteiger partial charge in [-0.1, -0.05) is 18.2 Å². The predicted octanol–water partition coefficient (Wildman–Crippen LogP) is 5.41. The Morgan fingerprint density at radius 2 is 1.43 bits per heavy atom. The molecule has 0 amide bonds. The molecule has 0 radical (unpaired) electrons. The van der Waals surface area contributed by atoms with Gasteiger partial charge in [-0.05, 0) is 79.6 Å². The van der Waals surface area contributed by atoms with Crippen molar-refractivity contribution in [3.05, 3.63) is 91.1 Å². The summed E-state index contributed by atoms with van der Waals surface area (Å²) in [6.07, 6.45) is 4.05. The summed E-state index contributed by atoms with van der Waals surface area (Å²) in [4.78, 5) is 11.3. The quantitative estimate of drug-likeness (QED) is 0.343. The van der Waals surface area contributed by atoms with Crippen LogP contribution >= 0.6 is 0 Å². The van der Waals surface area contributed by atoms with Gasteiger partial charge in [0.15, 0.2) is 0 Å². The Balaban J connectivity index is 1.22. The molecule has 35 heavy (non-hydrogen) atoms. The number of hydrogen-bond donors (Lipinski definition) is 2. The van der Waals surface area contributed by atoms with Crippen LogP contribution in [0.4, 0.5) is 23.1 Å². The Bertz CT molecular complexity index is 1370. The summed E-state index contributed by atoms with van der Waals surface area (Å²) < 4.78 is 34.0. The SMILES string of the molecule is O=S(=O)(Nc1ccc(Nc2ccnc(N3CCCC3)n2)cc1)c1ccc(Oc2ccccc2)cc1. The maximum atomic E-state index is 12.8. The molecule has 1 aromatic heterocycles. The second-order valence-electron chi connectivity index (χ2n) is 8.13. The molecule has 2 N–H and O–H groups in total. The van der Waals surface area contributed by atoms with Crippen molar-refractivity contribution < 1.29 is 13.2 Å². The molecule has 0 unspecified atom stereocenters. The Hall–Kier alpha value is -4.11. The van der Waals surface area contributed by atoms with E-state index < -0.39 is 10.0 Å². The average Bonchev–Trinajstić information content (AvgIpc) is 3.42. The number of benzene rings is 3. The van der Waals surface area contributed by atoms with E-state index >= 15 is 0 Å². The summed E-state index contributed by atoms with van der Waals surface area (Å²) >= 11 is 0. The van der Waals surface area contributed by atoms with Gasteiger partial charge in [-0.25, -0.2) is 13.4 Å². The van der Waals surface area contributed by atoms with Crippen LogP contribution in [0.25, 0.3) is 0 Å². The van der Waals surface area contributed by atoms with Gasteiger partial charge in [-0.15, -0.1) is 0 Å². The maximum Gasteiger partial charge on any atom is 0.261 e. The number of para-hydroxylation sites is 1. The lowest BCUT2D eigenvalue weighted by molar-refractivity contribution is 0.482. The molecule has 8 nitrogen and oxygen atoms in total. The van der Waals surface area contributed by atoms with Gasteiger partial charge in [-0.3, -0.25) is 4.72 Å². The first-order chi connectivity index (χ1) is 17.0. The summed E-state index contributed by atoms with van der Waals surface area (Å²) in [5, 5.41) is 3.25. The molecule has 1 aliphatic rings. The van der Waals surface area contributed by atoms with E-state index in [-0.39, 0.29) is 4.90 Å². The highest BCUT2D eigenvalue weighted by Crippen LogP contribution is 2.25. The van der Waals surface area contributed by atoms with Gasteiger partial charge < -0.3 is 15.0 Å². The van der Waals surface area contributed by atoms with Crippen molar-refractivity contribution in [3.63, 3.8) is 0 Å². The third kappa shape index (κ3) is 5.70. The molecule has 5 rings (SSSR count). The molecule has 178 valence electrons. The summed E-state index contributed by atoms with van der Waals surface area (Å²) in [5.41, 5.74) is 1.25. The molecular weight excluding hydrogens is 462 g/mol. The third-order valence-corrected chi connectivity index (χ3v) is 6.95. The highest BCUT2D eigenvalue weighted by Gasteiger charge is 2.16. The fourth-order valence-corrected chi connectivity index (χ4v) is 4.84. The van der Waals surface area contributed by atoms with Gasteiger partial charge in [0.25, 0.3) is 10.0 Å². The normalized spacial score (nSPS) is 13.4. The number of aromatic nitrogens is 2. The van der Waals surface area contributed by atoms with E-state index in [9.17, 15) is 8.42 Å². The van der Waals surface area contributed by atoms with Gasteiger partial charge in [0.1, 0.15) is 17.3 Å². The van der Waals surface area contributed by atoms with Gasteiger partial charge in [-0.2, -0.15) is 4.98 Å². The Kier molecular flexibility index (Phi) is 6.49. The molecule has 0 atom stereocenters. The second kappa shape index (κ2) is 10.0.